The molecule has 0 aromatic carbocycles. The van der Waals surface area contributed by atoms with Crippen LogP contribution in [0, 0.1) is 5.82 Å². The summed E-state index contributed by atoms with van der Waals surface area (Å²) in [6.07, 6.45) is 5.29. The molecular weight excluding hydrogens is 155 g/mol. The summed E-state index contributed by atoms with van der Waals surface area (Å²) >= 11 is 0. The fourth-order valence-corrected chi connectivity index (χ4v) is 2.32. The summed E-state index contributed by atoms with van der Waals surface area (Å²) in [6, 6.07) is 0.626. The summed E-state index contributed by atoms with van der Waals surface area (Å²) in [6.45, 7) is 0. The quantitative estimate of drug-likeness (QED) is 0.631. The number of fused-ring (bicyclic) bond motifs is 5. The largest absolute Gasteiger partial charge is 0.303 e. The van der Waals surface area contributed by atoms with Gasteiger partial charge in [0.1, 0.15) is 5.82 Å². The predicted molar refractivity (Wildman–Crippen MR) is 42.0 cm³/mol. The van der Waals surface area contributed by atoms with Gasteiger partial charge in [-0.05, 0) is 18.4 Å². The van der Waals surface area contributed by atoms with Gasteiger partial charge in [0.25, 0.3) is 0 Å². The number of nitrogens with one attached hydrogen (secondary N) is 1. The van der Waals surface area contributed by atoms with Crippen LogP contribution in [0.25, 0.3) is 0 Å². The van der Waals surface area contributed by atoms with Crippen LogP contribution in [-0.2, 0) is 0 Å². The van der Waals surface area contributed by atoms with Crippen LogP contribution in [0.4, 0.5) is 4.39 Å². The number of hydrogen-bond donors (Lipinski definition) is 1. The van der Waals surface area contributed by atoms with E-state index in [1.54, 1.807) is 6.20 Å². The Morgan fingerprint density at radius 3 is 3.00 bits per heavy atom. The van der Waals surface area contributed by atoms with Crippen molar-refractivity contribution in [1.29, 1.82) is 0 Å². The van der Waals surface area contributed by atoms with Gasteiger partial charge in [-0.15, -0.1) is 0 Å². The fraction of sp³-hybridized carbons (Fsp3) is 0.444. The molecule has 62 valence electrons. The van der Waals surface area contributed by atoms with Crippen molar-refractivity contribution in [2.45, 2.75) is 24.9 Å². The van der Waals surface area contributed by atoms with Gasteiger partial charge in [-0.3, -0.25) is 4.98 Å². The van der Waals surface area contributed by atoms with Crippen LogP contribution < -0.4 is 5.32 Å². The zero-order chi connectivity index (χ0) is 8.13. The lowest BCUT2D eigenvalue weighted by molar-refractivity contribution is 0.566. The molecule has 2 aliphatic heterocycles. The molecule has 0 saturated carbocycles. The first-order valence-electron chi connectivity index (χ1n) is 4.25. The van der Waals surface area contributed by atoms with E-state index in [1.807, 2.05) is 0 Å². The van der Waals surface area contributed by atoms with Gasteiger partial charge in [-0.1, -0.05) is 0 Å². The van der Waals surface area contributed by atoms with Crippen molar-refractivity contribution >= 4 is 0 Å². The first-order valence-corrected chi connectivity index (χ1v) is 4.25. The van der Waals surface area contributed by atoms with Crippen LogP contribution >= 0.6 is 0 Å². The van der Waals surface area contributed by atoms with Crippen molar-refractivity contribution in [1.82, 2.24) is 10.3 Å². The lowest BCUT2D eigenvalue weighted by Crippen LogP contribution is -2.06. The van der Waals surface area contributed by atoms with Gasteiger partial charge < -0.3 is 5.32 Å². The van der Waals surface area contributed by atoms with Crippen LogP contribution in [0.3, 0.4) is 0 Å². The highest BCUT2D eigenvalue weighted by atomic mass is 19.1. The van der Waals surface area contributed by atoms with Gasteiger partial charge in [0.2, 0.25) is 0 Å². The number of halogens is 1. The highest BCUT2D eigenvalue weighted by Crippen LogP contribution is 2.45. The molecule has 0 radical (unpaired) electrons. The molecule has 1 aromatic rings. The molecule has 2 aliphatic rings. The Morgan fingerprint density at radius 1 is 1.33 bits per heavy atom. The van der Waals surface area contributed by atoms with Gasteiger partial charge in [-0.2, -0.15) is 0 Å². The molecule has 0 amide bonds. The average molecular weight is 164 g/mol. The molecule has 0 spiro atoms. The Kier molecular flexibility index (Phi) is 1.11. The van der Waals surface area contributed by atoms with E-state index in [4.69, 9.17) is 0 Å². The smallest absolute Gasteiger partial charge is 0.146 e. The second-order valence-corrected chi connectivity index (χ2v) is 3.47. The maximum Gasteiger partial charge on any atom is 0.146 e. The van der Waals surface area contributed by atoms with Crippen molar-refractivity contribution in [2.75, 3.05) is 0 Å². The van der Waals surface area contributed by atoms with Crippen LogP contribution in [-0.4, -0.2) is 4.98 Å². The minimum Gasteiger partial charge on any atom is -0.303 e. The van der Waals surface area contributed by atoms with E-state index in [9.17, 15) is 4.39 Å². The molecule has 3 heteroatoms. The van der Waals surface area contributed by atoms with E-state index in [1.165, 1.54) is 6.20 Å². The third-order valence-corrected chi connectivity index (χ3v) is 2.84. The maximum atomic E-state index is 13.2. The Labute approximate surface area is 69.8 Å². The Morgan fingerprint density at radius 2 is 2.17 bits per heavy atom. The van der Waals surface area contributed by atoms with E-state index in [2.05, 4.69) is 10.3 Å². The third kappa shape index (κ3) is 0.648. The van der Waals surface area contributed by atoms with Crippen molar-refractivity contribution in [2.24, 2.45) is 0 Å². The predicted octanol–water partition coefficient (Wildman–Crippen LogP) is 1.70. The fourth-order valence-electron chi connectivity index (χ4n) is 2.32. The van der Waals surface area contributed by atoms with Crippen molar-refractivity contribution in [3.05, 3.63) is 29.3 Å². The molecule has 3 heterocycles. The summed E-state index contributed by atoms with van der Waals surface area (Å²) in [5.41, 5.74) is 1.94. The first kappa shape index (κ1) is 6.54. The van der Waals surface area contributed by atoms with Gasteiger partial charge in [0.15, 0.2) is 0 Å². The molecule has 1 aromatic heterocycles. The van der Waals surface area contributed by atoms with Crippen molar-refractivity contribution in [3.63, 3.8) is 0 Å². The minimum atomic E-state index is -0.146. The SMILES string of the molecule is Fc1cncc2c1C1CCC2N1. The number of rotatable bonds is 0. The molecule has 2 unspecified atom stereocenters. The van der Waals surface area contributed by atoms with E-state index in [0.29, 0.717) is 6.04 Å². The molecule has 2 bridgehead atoms. The molecule has 1 N–H and O–H groups in total. The Balaban J connectivity index is 2.26. The summed E-state index contributed by atoms with van der Waals surface area (Å²) in [4.78, 5) is 3.86. The molecule has 1 fully saturated rings. The van der Waals surface area contributed by atoms with E-state index in [0.717, 1.165) is 24.0 Å². The highest BCUT2D eigenvalue weighted by molar-refractivity contribution is 5.38. The Hall–Kier alpha value is -0.960. The zero-order valence-electron chi connectivity index (χ0n) is 6.55. The normalized spacial score (nSPS) is 30.8. The molecule has 2 nitrogen and oxygen atoms in total. The van der Waals surface area contributed by atoms with Gasteiger partial charge in [-0.25, -0.2) is 4.39 Å². The lowest BCUT2D eigenvalue weighted by atomic mass is 9.93. The molecule has 3 rings (SSSR count). The number of hydrogen-bond acceptors (Lipinski definition) is 2. The lowest BCUT2D eigenvalue weighted by Gasteiger charge is -2.11. The maximum absolute atomic E-state index is 13.2. The van der Waals surface area contributed by atoms with Crippen LogP contribution in [0.15, 0.2) is 12.4 Å². The number of pyridine rings is 1. The second-order valence-electron chi connectivity index (χ2n) is 3.47. The van der Waals surface area contributed by atoms with Gasteiger partial charge in [0, 0.05) is 23.8 Å². The topological polar surface area (TPSA) is 24.9 Å². The van der Waals surface area contributed by atoms with Crippen molar-refractivity contribution in [3.8, 4) is 0 Å². The van der Waals surface area contributed by atoms with Crippen LogP contribution in [0.1, 0.15) is 36.1 Å². The summed E-state index contributed by atoms with van der Waals surface area (Å²) in [5.74, 6) is -0.146. The molecule has 12 heavy (non-hydrogen) atoms. The second kappa shape index (κ2) is 2.04. The number of nitrogens with zero attached hydrogens (tertiary/aromatic N) is 1. The summed E-state index contributed by atoms with van der Waals surface area (Å²) in [5, 5.41) is 3.35. The Bertz CT molecular complexity index is 337. The van der Waals surface area contributed by atoms with Gasteiger partial charge in [0.05, 0.1) is 6.20 Å². The zero-order valence-corrected chi connectivity index (χ0v) is 6.55. The third-order valence-electron chi connectivity index (χ3n) is 2.84. The van der Waals surface area contributed by atoms with E-state index in [-0.39, 0.29) is 11.9 Å². The van der Waals surface area contributed by atoms with E-state index < -0.39 is 0 Å². The summed E-state index contributed by atoms with van der Waals surface area (Å²) in [7, 11) is 0. The molecule has 2 atom stereocenters. The molecular formula is C9H9FN2. The van der Waals surface area contributed by atoms with Crippen LogP contribution in [0.5, 0.6) is 0 Å². The minimum absolute atomic E-state index is 0.146. The standard InChI is InChI=1S/C9H9FN2/c10-6-4-11-3-5-7-1-2-8(12-7)9(5)6/h3-4,7-8,12H,1-2H2. The first-order chi connectivity index (χ1) is 5.86. The molecule has 0 aliphatic carbocycles. The van der Waals surface area contributed by atoms with Crippen LogP contribution in [0.2, 0.25) is 0 Å². The van der Waals surface area contributed by atoms with Crippen molar-refractivity contribution < 1.29 is 4.39 Å². The number of aromatic nitrogens is 1. The monoisotopic (exact) mass is 164 g/mol. The average Bonchev–Trinajstić information content (AvgIpc) is 2.64. The van der Waals surface area contributed by atoms with Gasteiger partial charge >= 0.3 is 0 Å². The summed E-state index contributed by atoms with van der Waals surface area (Å²) < 4.78 is 13.2. The van der Waals surface area contributed by atoms with E-state index >= 15 is 0 Å². The highest BCUT2D eigenvalue weighted by Gasteiger charge is 2.38. The molecule has 1 saturated heterocycles.